The first-order valence-electron chi connectivity index (χ1n) is 8.36. The zero-order valence-electron chi connectivity index (χ0n) is 15.0. The fourth-order valence-electron chi connectivity index (χ4n) is 3.07. The van der Waals surface area contributed by atoms with Crippen molar-refractivity contribution in [1.82, 2.24) is 19.6 Å². The number of aromatic nitrogens is 4. The predicted octanol–water partition coefficient (Wildman–Crippen LogP) is 1.28. The van der Waals surface area contributed by atoms with E-state index in [0.717, 1.165) is 25.1 Å². The van der Waals surface area contributed by atoms with E-state index in [2.05, 4.69) is 15.5 Å². The normalized spacial score (nSPS) is 17.5. The molecular weight excluding hydrogens is 322 g/mol. The van der Waals surface area contributed by atoms with Crippen molar-refractivity contribution in [3.63, 3.8) is 0 Å². The lowest BCUT2D eigenvalue weighted by Crippen LogP contribution is -2.32. The summed E-state index contributed by atoms with van der Waals surface area (Å²) in [7, 11) is 3.31. The number of ether oxygens (including phenoxy) is 1. The molecule has 0 aromatic carbocycles. The van der Waals surface area contributed by atoms with Crippen molar-refractivity contribution in [2.45, 2.75) is 32.6 Å². The van der Waals surface area contributed by atoms with Gasteiger partial charge in [0.15, 0.2) is 0 Å². The Morgan fingerprint density at radius 1 is 1.28 bits per heavy atom. The highest BCUT2D eigenvalue weighted by molar-refractivity contribution is 6.04. The minimum absolute atomic E-state index is 0.110. The van der Waals surface area contributed by atoms with E-state index in [0.29, 0.717) is 23.7 Å². The highest BCUT2D eigenvalue weighted by Crippen LogP contribution is 2.26. The lowest BCUT2D eigenvalue weighted by atomic mass is 9.99. The van der Waals surface area contributed by atoms with Crippen LogP contribution in [0.3, 0.4) is 0 Å². The molecule has 0 saturated carbocycles. The predicted molar refractivity (Wildman–Crippen MR) is 92.9 cm³/mol. The summed E-state index contributed by atoms with van der Waals surface area (Å²) in [5.41, 5.74) is 1.83. The molecule has 8 nitrogen and oxygen atoms in total. The van der Waals surface area contributed by atoms with Gasteiger partial charge in [-0.2, -0.15) is 10.2 Å². The number of anilines is 1. The van der Waals surface area contributed by atoms with Crippen LogP contribution in [0.15, 0.2) is 10.9 Å². The number of hydrogen-bond acceptors (Lipinski definition) is 5. The van der Waals surface area contributed by atoms with Gasteiger partial charge in [-0.05, 0) is 32.3 Å². The minimum Gasteiger partial charge on any atom is -0.381 e. The van der Waals surface area contributed by atoms with Crippen molar-refractivity contribution in [1.29, 1.82) is 0 Å². The van der Waals surface area contributed by atoms with Gasteiger partial charge in [-0.3, -0.25) is 14.3 Å². The second kappa shape index (κ2) is 6.79. The lowest BCUT2D eigenvalue weighted by Gasteiger charge is -2.19. The number of amides is 1. The molecule has 1 atom stereocenters. The highest BCUT2D eigenvalue weighted by Gasteiger charge is 2.22. The molecule has 3 heterocycles. The first kappa shape index (κ1) is 17.3. The Morgan fingerprint density at radius 3 is 2.72 bits per heavy atom. The number of nitrogens with one attached hydrogen (secondary N) is 1. The molecule has 1 aliphatic rings. The lowest BCUT2D eigenvalue weighted by molar-refractivity contribution is 0.0791. The molecule has 1 fully saturated rings. The van der Waals surface area contributed by atoms with Crippen LogP contribution in [0.5, 0.6) is 0 Å². The van der Waals surface area contributed by atoms with Gasteiger partial charge in [-0.25, -0.2) is 4.68 Å². The van der Waals surface area contributed by atoms with Crippen LogP contribution in [-0.4, -0.2) is 38.7 Å². The zero-order chi connectivity index (χ0) is 18.1. The number of nitrogens with zero attached hydrogens (tertiary/aromatic N) is 4. The summed E-state index contributed by atoms with van der Waals surface area (Å²) in [5, 5.41) is 11.4. The molecule has 3 rings (SSSR count). The summed E-state index contributed by atoms with van der Waals surface area (Å²) in [6.07, 6.45) is 2.03. The van der Waals surface area contributed by atoms with Crippen LogP contribution in [0.25, 0.3) is 0 Å². The summed E-state index contributed by atoms with van der Waals surface area (Å²) < 4.78 is 8.31. The van der Waals surface area contributed by atoms with Crippen molar-refractivity contribution in [3.8, 4) is 0 Å². The number of hydrogen-bond donors (Lipinski definition) is 1. The van der Waals surface area contributed by atoms with Crippen LogP contribution in [0, 0.1) is 13.8 Å². The van der Waals surface area contributed by atoms with Crippen molar-refractivity contribution in [3.05, 3.63) is 38.9 Å². The van der Waals surface area contributed by atoms with Crippen LogP contribution in [0.2, 0.25) is 0 Å². The quantitative estimate of drug-likeness (QED) is 0.905. The molecule has 1 N–H and O–H groups in total. The highest BCUT2D eigenvalue weighted by atomic mass is 16.5. The monoisotopic (exact) mass is 345 g/mol. The van der Waals surface area contributed by atoms with Crippen LogP contribution in [0.1, 0.15) is 46.1 Å². The first-order chi connectivity index (χ1) is 11.9. The summed E-state index contributed by atoms with van der Waals surface area (Å²) in [6, 6.07) is 1.85. The van der Waals surface area contributed by atoms with E-state index in [-0.39, 0.29) is 11.5 Å². The number of carbonyl (C=O) groups excluding carboxylic acids is 1. The van der Waals surface area contributed by atoms with Crippen molar-refractivity contribution in [2.24, 2.45) is 14.1 Å². The van der Waals surface area contributed by atoms with Gasteiger partial charge in [0, 0.05) is 32.7 Å². The number of carbonyl (C=O) groups is 1. The SMILES string of the molecule is Cc1nn(C)c(=O)c(C(=O)Nc2cc(C3CCCOC3)nn2C)c1C. The van der Waals surface area contributed by atoms with Crippen LogP contribution < -0.4 is 10.9 Å². The Labute approximate surface area is 145 Å². The average molecular weight is 345 g/mol. The summed E-state index contributed by atoms with van der Waals surface area (Å²) in [6.45, 7) is 4.94. The third-order valence-corrected chi connectivity index (χ3v) is 4.67. The fraction of sp³-hybridized carbons (Fsp3) is 0.529. The van der Waals surface area contributed by atoms with E-state index < -0.39 is 11.5 Å². The smallest absolute Gasteiger partial charge is 0.279 e. The average Bonchev–Trinajstić information content (AvgIpc) is 2.95. The third-order valence-electron chi connectivity index (χ3n) is 4.67. The first-order valence-corrected chi connectivity index (χ1v) is 8.36. The van der Waals surface area contributed by atoms with Gasteiger partial charge in [-0.15, -0.1) is 0 Å². The fourth-order valence-corrected chi connectivity index (χ4v) is 3.07. The Kier molecular flexibility index (Phi) is 4.71. The van der Waals surface area contributed by atoms with E-state index in [1.807, 2.05) is 6.07 Å². The molecule has 0 bridgehead atoms. The van der Waals surface area contributed by atoms with Gasteiger partial charge in [0.1, 0.15) is 11.4 Å². The maximum absolute atomic E-state index is 12.7. The van der Waals surface area contributed by atoms with Gasteiger partial charge in [0.25, 0.3) is 11.5 Å². The minimum atomic E-state index is -0.446. The molecule has 0 spiro atoms. The van der Waals surface area contributed by atoms with Gasteiger partial charge in [0.2, 0.25) is 0 Å². The Bertz CT molecular complexity index is 862. The maximum Gasteiger partial charge on any atom is 0.279 e. The Morgan fingerprint density at radius 2 is 2.04 bits per heavy atom. The molecule has 1 saturated heterocycles. The zero-order valence-corrected chi connectivity index (χ0v) is 15.0. The second-order valence-corrected chi connectivity index (χ2v) is 6.46. The van der Waals surface area contributed by atoms with Gasteiger partial charge >= 0.3 is 0 Å². The summed E-state index contributed by atoms with van der Waals surface area (Å²) in [5.74, 6) is 0.350. The molecule has 134 valence electrons. The van der Waals surface area contributed by atoms with E-state index in [4.69, 9.17) is 4.74 Å². The van der Waals surface area contributed by atoms with Gasteiger partial charge < -0.3 is 10.1 Å². The van der Waals surface area contributed by atoms with E-state index in [9.17, 15) is 9.59 Å². The van der Waals surface area contributed by atoms with Gasteiger partial charge in [0.05, 0.1) is 18.0 Å². The molecule has 1 aliphatic heterocycles. The summed E-state index contributed by atoms with van der Waals surface area (Å²) >= 11 is 0. The maximum atomic E-state index is 12.7. The largest absolute Gasteiger partial charge is 0.381 e. The molecule has 2 aromatic rings. The van der Waals surface area contributed by atoms with Crippen LogP contribution in [-0.2, 0) is 18.8 Å². The molecule has 8 heteroatoms. The molecule has 1 unspecified atom stereocenters. The van der Waals surface area contributed by atoms with Crippen molar-refractivity contribution in [2.75, 3.05) is 18.5 Å². The number of rotatable bonds is 3. The Hall–Kier alpha value is -2.48. The van der Waals surface area contributed by atoms with Crippen molar-refractivity contribution < 1.29 is 9.53 Å². The van der Waals surface area contributed by atoms with E-state index in [1.165, 1.54) is 11.7 Å². The standard InChI is InChI=1S/C17H23N5O3/c1-10-11(2)19-22(4)17(24)15(10)16(23)18-14-8-13(20-21(14)3)12-6-5-7-25-9-12/h8,12H,5-7,9H2,1-4H3,(H,18,23). The molecule has 1 amide bonds. The van der Waals surface area contributed by atoms with Crippen LogP contribution >= 0.6 is 0 Å². The van der Waals surface area contributed by atoms with Gasteiger partial charge in [-0.1, -0.05) is 0 Å². The number of aryl methyl sites for hydroxylation is 3. The Balaban J connectivity index is 1.87. The molecule has 0 radical (unpaired) electrons. The second-order valence-electron chi connectivity index (χ2n) is 6.46. The molecular formula is C17H23N5O3. The van der Waals surface area contributed by atoms with Crippen LogP contribution in [0.4, 0.5) is 5.82 Å². The molecule has 2 aromatic heterocycles. The van der Waals surface area contributed by atoms with E-state index >= 15 is 0 Å². The molecule has 0 aliphatic carbocycles. The topological polar surface area (TPSA) is 91.0 Å². The van der Waals surface area contributed by atoms with Crippen molar-refractivity contribution >= 4 is 11.7 Å². The van der Waals surface area contributed by atoms with E-state index in [1.54, 1.807) is 25.6 Å². The third kappa shape index (κ3) is 3.34. The summed E-state index contributed by atoms with van der Waals surface area (Å²) in [4.78, 5) is 25.0. The molecule has 25 heavy (non-hydrogen) atoms.